The van der Waals surface area contributed by atoms with Crippen molar-refractivity contribution >= 4 is 5.82 Å². The zero-order valence-corrected chi connectivity index (χ0v) is 12.1. The Hall–Kier alpha value is -1.36. The molecule has 0 amide bonds. The van der Waals surface area contributed by atoms with Crippen LogP contribution in [0.4, 0.5) is 5.82 Å². The molecule has 1 aromatic rings. The molecular weight excluding hydrogens is 228 g/mol. The fourth-order valence-electron chi connectivity index (χ4n) is 1.63. The Labute approximate surface area is 110 Å². The summed E-state index contributed by atoms with van der Waals surface area (Å²) in [5.74, 6) is 2.36. The molecule has 0 spiro atoms. The summed E-state index contributed by atoms with van der Waals surface area (Å²) in [5.41, 5.74) is 0.972. The van der Waals surface area contributed by atoms with Gasteiger partial charge in [-0.05, 0) is 27.4 Å². The molecule has 5 nitrogen and oxygen atoms in total. The lowest BCUT2D eigenvalue weighted by molar-refractivity contribution is 0.270. The van der Waals surface area contributed by atoms with E-state index in [9.17, 15) is 0 Å². The first-order valence-electron chi connectivity index (χ1n) is 6.41. The molecule has 0 atom stereocenters. The van der Waals surface area contributed by atoms with Crippen molar-refractivity contribution in [1.82, 2.24) is 14.9 Å². The van der Waals surface area contributed by atoms with Crippen LogP contribution in [0.15, 0.2) is 0 Å². The van der Waals surface area contributed by atoms with Gasteiger partial charge in [0.1, 0.15) is 11.6 Å². The van der Waals surface area contributed by atoms with Crippen molar-refractivity contribution in [2.24, 2.45) is 0 Å². The van der Waals surface area contributed by atoms with E-state index in [0.717, 1.165) is 36.6 Å². The molecular formula is C13H24N4O. The Morgan fingerprint density at radius 1 is 1.28 bits per heavy atom. The van der Waals surface area contributed by atoms with Crippen LogP contribution in [0.2, 0.25) is 0 Å². The lowest BCUT2D eigenvalue weighted by atomic mass is 10.3. The van der Waals surface area contributed by atoms with Gasteiger partial charge < -0.3 is 15.0 Å². The van der Waals surface area contributed by atoms with Crippen molar-refractivity contribution < 1.29 is 4.74 Å². The molecule has 1 heterocycles. The summed E-state index contributed by atoms with van der Waals surface area (Å²) in [7, 11) is 5.99. The molecule has 0 saturated heterocycles. The predicted octanol–water partition coefficient (Wildman–Crippen LogP) is 1.72. The van der Waals surface area contributed by atoms with E-state index in [0.29, 0.717) is 12.5 Å². The Kier molecular flexibility index (Phi) is 5.85. The molecule has 1 aromatic heterocycles. The van der Waals surface area contributed by atoms with E-state index in [-0.39, 0.29) is 0 Å². The second-order valence-corrected chi connectivity index (χ2v) is 4.53. The highest BCUT2D eigenvalue weighted by molar-refractivity contribution is 5.48. The fraction of sp³-hybridized carbons (Fsp3) is 0.692. The number of aromatic nitrogens is 2. The SMILES string of the molecule is CCc1nc(NC)c(C)c(OCCCN(C)C)n1. The minimum absolute atomic E-state index is 0.683. The lowest BCUT2D eigenvalue weighted by Gasteiger charge is -2.13. The molecule has 5 heteroatoms. The average molecular weight is 252 g/mol. The Balaban J connectivity index is 2.68. The highest BCUT2D eigenvalue weighted by Crippen LogP contribution is 2.21. The van der Waals surface area contributed by atoms with Crippen LogP contribution in [0, 0.1) is 6.92 Å². The second-order valence-electron chi connectivity index (χ2n) is 4.53. The first kappa shape index (κ1) is 14.7. The molecule has 1 N–H and O–H groups in total. The van der Waals surface area contributed by atoms with E-state index in [1.165, 1.54) is 0 Å². The van der Waals surface area contributed by atoms with Crippen LogP contribution in [-0.4, -0.2) is 49.2 Å². The molecule has 0 aromatic carbocycles. The van der Waals surface area contributed by atoms with E-state index >= 15 is 0 Å². The minimum atomic E-state index is 0.683. The van der Waals surface area contributed by atoms with Crippen molar-refractivity contribution in [1.29, 1.82) is 0 Å². The monoisotopic (exact) mass is 252 g/mol. The Bertz CT molecular complexity index is 379. The third-order valence-corrected chi connectivity index (χ3v) is 2.69. The number of ether oxygens (including phenoxy) is 1. The van der Waals surface area contributed by atoms with E-state index < -0.39 is 0 Å². The first-order chi connectivity index (χ1) is 8.58. The van der Waals surface area contributed by atoms with Crippen molar-refractivity contribution in [2.45, 2.75) is 26.7 Å². The van der Waals surface area contributed by atoms with E-state index in [1.807, 2.05) is 20.9 Å². The van der Waals surface area contributed by atoms with Crippen LogP contribution in [0.3, 0.4) is 0 Å². The Morgan fingerprint density at radius 3 is 2.56 bits per heavy atom. The lowest BCUT2D eigenvalue weighted by Crippen LogP contribution is -2.16. The van der Waals surface area contributed by atoms with Gasteiger partial charge in [-0.15, -0.1) is 0 Å². The molecule has 18 heavy (non-hydrogen) atoms. The molecule has 0 aliphatic heterocycles. The first-order valence-corrected chi connectivity index (χ1v) is 6.41. The standard InChI is InChI=1S/C13H24N4O/c1-6-11-15-12(14-3)10(2)13(16-11)18-9-7-8-17(4)5/h6-9H2,1-5H3,(H,14,15,16). The molecule has 0 saturated carbocycles. The van der Waals surface area contributed by atoms with Gasteiger partial charge in [-0.25, -0.2) is 4.98 Å². The van der Waals surface area contributed by atoms with E-state index in [2.05, 4.69) is 34.3 Å². The quantitative estimate of drug-likeness (QED) is 0.749. The predicted molar refractivity (Wildman–Crippen MR) is 74.4 cm³/mol. The molecule has 0 radical (unpaired) electrons. The highest BCUT2D eigenvalue weighted by atomic mass is 16.5. The van der Waals surface area contributed by atoms with Crippen molar-refractivity contribution in [3.8, 4) is 5.88 Å². The van der Waals surface area contributed by atoms with Crippen molar-refractivity contribution in [3.63, 3.8) is 0 Å². The maximum absolute atomic E-state index is 5.75. The van der Waals surface area contributed by atoms with Gasteiger partial charge >= 0.3 is 0 Å². The second kappa shape index (κ2) is 7.16. The van der Waals surface area contributed by atoms with Crippen LogP contribution in [0.1, 0.15) is 24.7 Å². The van der Waals surface area contributed by atoms with Gasteiger partial charge in [0.05, 0.1) is 12.2 Å². The maximum Gasteiger partial charge on any atom is 0.221 e. The number of rotatable bonds is 7. The van der Waals surface area contributed by atoms with Gasteiger partial charge in [0.25, 0.3) is 0 Å². The smallest absolute Gasteiger partial charge is 0.221 e. The van der Waals surface area contributed by atoms with Crippen molar-refractivity contribution in [3.05, 3.63) is 11.4 Å². The zero-order chi connectivity index (χ0) is 13.5. The van der Waals surface area contributed by atoms with Crippen LogP contribution in [-0.2, 0) is 6.42 Å². The zero-order valence-electron chi connectivity index (χ0n) is 12.1. The summed E-state index contributed by atoms with van der Waals surface area (Å²) in [6.07, 6.45) is 1.80. The summed E-state index contributed by atoms with van der Waals surface area (Å²) < 4.78 is 5.75. The number of nitrogens with one attached hydrogen (secondary N) is 1. The molecule has 0 bridgehead atoms. The molecule has 0 aliphatic carbocycles. The molecule has 0 fully saturated rings. The normalized spacial score (nSPS) is 10.8. The minimum Gasteiger partial charge on any atom is -0.477 e. The van der Waals surface area contributed by atoms with Gasteiger partial charge in [0.2, 0.25) is 5.88 Å². The summed E-state index contributed by atoms with van der Waals surface area (Å²) in [5, 5.41) is 3.08. The summed E-state index contributed by atoms with van der Waals surface area (Å²) in [6, 6.07) is 0. The molecule has 102 valence electrons. The van der Waals surface area contributed by atoms with Crippen LogP contribution in [0.5, 0.6) is 5.88 Å². The van der Waals surface area contributed by atoms with Crippen LogP contribution in [0.25, 0.3) is 0 Å². The fourth-order valence-corrected chi connectivity index (χ4v) is 1.63. The topological polar surface area (TPSA) is 50.3 Å². The van der Waals surface area contributed by atoms with Gasteiger partial charge in [-0.2, -0.15) is 4.98 Å². The van der Waals surface area contributed by atoms with E-state index in [4.69, 9.17) is 4.74 Å². The molecule has 1 rings (SSSR count). The third-order valence-electron chi connectivity index (χ3n) is 2.69. The molecule has 0 unspecified atom stereocenters. The largest absolute Gasteiger partial charge is 0.477 e. The maximum atomic E-state index is 5.75. The van der Waals surface area contributed by atoms with Crippen LogP contribution >= 0.6 is 0 Å². The average Bonchev–Trinajstić information content (AvgIpc) is 2.36. The summed E-state index contributed by atoms with van der Waals surface area (Å²) in [6.45, 7) is 5.72. The van der Waals surface area contributed by atoms with Gasteiger partial charge in [0.15, 0.2) is 0 Å². The number of anilines is 1. The number of hydrogen-bond acceptors (Lipinski definition) is 5. The van der Waals surface area contributed by atoms with Gasteiger partial charge in [-0.1, -0.05) is 6.92 Å². The number of nitrogens with zero attached hydrogens (tertiary/aromatic N) is 3. The Morgan fingerprint density at radius 2 is 2.00 bits per heavy atom. The summed E-state index contributed by atoms with van der Waals surface area (Å²) in [4.78, 5) is 11.0. The number of hydrogen-bond donors (Lipinski definition) is 1. The van der Waals surface area contributed by atoms with Gasteiger partial charge in [0, 0.05) is 20.0 Å². The third kappa shape index (κ3) is 4.14. The van der Waals surface area contributed by atoms with E-state index in [1.54, 1.807) is 0 Å². The number of aryl methyl sites for hydroxylation is 1. The molecule has 0 aliphatic rings. The highest BCUT2D eigenvalue weighted by Gasteiger charge is 2.10. The van der Waals surface area contributed by atoms with Crippen molar-refractivity contribution in [2.75, 3.05) is 39.6 Å². The summed E-state index contributed by atoms with van der Waals surface area (Å²) >= 11 is 0. The van der Waals surface area contributed by atoms with Crippen LogP contribution < -0.4 is 10.1 Å². The van der Waals surface area contributed by atoms with Gasteiger partial charge in [-0.3, -0.25) is 0 Å².